The third-order valence-corrected chi connectivity index (χ3v) is 1.36. The van der Waals surface area contributed by atoms with Gasteiger partial charge in [0.2, 0.25) is 5.82 Å². The normalized spacial score (nSPS) is 9.42. The van der Waals surface area contributed by atoms with Crippen molar-refractivity contribution in [1.82, 2.24) is 4.98 Å². The average Bonchev–Trinajstić information content (AvgIpc) is 2.03. The molecule has 64 valence electrons. The molecular formula is C6H8N4O2. The number of nitrogens with zero attached hydrogens (tertiary/aromatic N) is 2. The topological polar surface area (TPSA) is 94.1 Å². The van der Waals surface area contributed by atoms with Crippen LogP contribution in [0.3, 0.4) is 0 Å². The Balaban J connectivity index is 3.12. The van der Waals surface area contributed by atoms with Crippen molar-refractivity contribution in [2.75, 3.05) is 18.1 Å². The first-order valence-corrected chi connectivity index (χ1v) is 3.24. The zero-order valence-corrected chi connectivity index (χ0v) is 6.44. The van der Waals surface area contributed by atoms with E-state index in [1.807, 2.05) is 0 Å². The van der Waals surface area contributed by atoms with Crippen LogP contribution in [0.2, 0.25) is 0 Å². The lowest BCUT2D eigenvalue weighted by Gasteiger charge is -1.99. The lowest BCUT2D eigenvalue weighted by Crippen LogP contribution is -2.00. The molecule has 0 saturated heterocycles. The highest BCUT2D eigenvalue weighted by atomic mass is 16.6. The van der Waals surface area contributed by atoms with E-state index < -0.39 is 4.92 Å². The number of nitro groups is 1. The maximum atomic E-state index is 10.3. The van der Waals surface area contributed by atoms with Crippen LogP contribution in [0.1, 0.15) is 0 Å². The van der Waals surface area contributed by atoms with Crippen LogP contribution >= 0.6 is 0 Å². The van der Waals surface area contributed by atoms with Crippen LogP contribution in [0.15, 0.2) is 12.1 Å². The standard InChI is InChI=1S/C6H8N4O2/c1-8-5-3-2-4(10(11)12)6(7)9-5/h2-3H,1H3,(H3,7,8,9). The molecule has 0 aliphatic heterocycles. The molecule has 1 aromatic rings. The van der Waals surface area contributed by atoms with Gasteiger partial charge in [0.1, 0.15) is 5.82 Å². The molecule has 0 bridgehead atoms. The molecule has 0 aromatic carbocycles. The van der Waals surface area contributed by atoms with E-state index in [9.17, 15) is 10.1 Å². The summed E-state index contributed by atoms with van der Waals surface area (Å²) in [5, 5.41) is 13.0. The van der Waals surface area contributed by atoms with Gasteiger partial charge in [-0.3, -0.25) is 10.1 Å². The van der Waals surface area contributed by atoms with Gasteiger partial charge in [0.05, 0.1) is 4.92 Å². The monoisotopic (exact) mass is 168 g/mol. The number of rotatable bonds is 2. The Kier molecular flexibility index (Phi) is 2.09. The third kappa shape index (κ3) is 1.42. The van der Waals surface area contributed by atoms with Crippen molar-refractivity contribution in [3.05, 3.63) is 22.2 Å². The highest BCUT2D eigenvalue weighted by Crippen LogP contribution is 2.19. The van der Waals surface area contributed by atoms with Crippen LogP contribution in [-0.4, -0.2) is 17.0 Å². The van der Waals surface area contributed by atoms with Crippen molar-refractivity contribution in [3.63, 3.8) is 0 Å². The van der Waals surface area contributed by atoms with Crippen LogP contribution < -0.4 is 11.1 Å². The van der Waals surface area contributed by atoms with Crippen molar-refractivity contribution in [3.8, 4) is 0 Å². The quantitative estimate of drug-likeness (QED) is 0.498. The predicted molar refractivity (Wildman–Crippen MR) is 44.9 cm³/mol. The predicted octanol–water partition coefficient (Wildman–Crippen LogP) is 0.614. The molecule has 0 atom stereocenters. The molecule has 12 heavy (non-hydrogen) atoms. The van der Waals surface area contributed by atoms with Crippen molar-refractivity contribution in [2.45, 2.75) is 0 Å². The van der Waals surface area contributed by atoms with E-state index in [1.54, 1.807) is 7.05 Å². The van der Waals surface area contributed by atoms with Gasteiger partial charge < -0.3 is 11.1 Å². The van der Waals surface area contributed by atoms with Crippen molar-refractivity contribution in [1.29, 1.82) is 0 Å². The van der Waals surface area contributed by atoms with E-state index >= 15 is 0 Å². The summed E-state index contributed by atoms with van der Waals surface area (Å²) in [5.74, 6) is 0.435. The van der Waals surface area contributed by atoms with Gasteiger partial charge in [-0.25, -0.2) is 4.98 Å². The summed E-state index contributed by atoms with van der Waals surface area (Å²) in [6.07, 6.45) is 0. The molecule has 0 spiro atoms. The molecular weight excluding hydrogens is 160 g/mol. The molecule has 0 aliphatic rings. The van der Waals surface area contributed by atoms with Gasteiger partial charge in [-0.1, -0.05) is 0 Å². The summed E-state index contributed by atoms with van der Waals surface area (Å²) in [6.45, 7) is 0. The third-order valence-electron chi connectivity index (χ3n) is 1.36. The number of nitrogens with two attached hydrogens (primary N) is 1. The number of hydrogen-bond acceptors (Lipinski definition) is 5. The maximum Gasteiger partial charge on any atom is 0.311 e. The largest absolute Gasteiger partial charge is 0.378 e. The molecule has 0 unspecified atom stereocenters. The molecule has 0 aliphatic carbocycles. The summed E-state index contributed by atoms with van der Waals surface area (Å²) >= 11 is 0. The van der Waals surface area contributed by atoms with Crippen molar-refractivity contribution in [2.24, 2.45) is 0 Å². The van der Waals surface area contributed by atoms with Gasteiger partial charge in [-0.2, -0.15) is 0 Å². The minimum atomic E-state index is -0.568. The molecule has 6 nitrogen and oxygen atoms in total. The Labute approximate surface area is 68.6 Å². The lowest BCUT2D eigenvalue weighted by atomic mass is 10.4. The van der Waals surface area contributed by atoms with Crippen LogP contribution in [0.5, 0.6) is 0 Å². The lowest BCUT2D eigenvalue weighted by molar-refractivity contribution is -0.384. The van der Waals surface area contributed by atoms with Crippen LogP contribution in [-0.2, 0) is 0 Å². The smallest absolute Gasteiger partial charge is 0.311 e. The number of nitrogen functional groups attached to an aromatic ring is 1. The highest BCUT2D eigenvalue weighted by Gasteiger charge is 2.11. The summed E-state index contributed by atoms with van der Waals surface area (Å²) in [6, 6.07) is 2.81. The average molecular weight is 168 g/mol. The summed E-state index contributed by atoms with van der Waals surface area (Å²) in [7, 11) is 1.66. The molecule has 0 radical (unpaired) electrons. The Bertz CT molecular complexity index is 312. The van der Waals surface area contributed by atoms with E-state index in [2.05, 4.69) is 10.3 Å². The number of nitrogens with one attached hydrogen (secondary N) is 1. The minimum absolute atomic E-state index is 0.0770. The first-order chi connectivity index (χ1) is 5.65. The summed E-state index contributed by atoms with van der Waals surface area (Å²) in [5.41, 5.74) is 5.13. The zero-order valence-electron chi connectivity index (χ0n) is 6.44. The fourth-order valence-corrected chi connectivity index (χ4v) is 0.761. The van der Waals surface area contributed by atoms with E-state index in [-0.39, 0.29) is 11.5 Å². The van der Waals surface area contributed by atoms with Crippen molar-refractivity contribution < 1.29 is 4.92 Å². The van der Waals surface area contributed by atoms with Gasteiger partial charge in [0.15, 0.2) is 0 Å². The van der Waals surface area contributed by atoms with E-state index in [1.165, 1.54) is 12.1 Å². The molecule has 3 N–H and O–H groups in total. The number of hydrogen-bond donors (Lipinski definition) is 2. The van der Waals surface area contributed by atoms with Gasteiger partial charge in [-0.15, -0.1) is 0 Å². The SMILES string of the molecule is CNc1ccc([N+](=O)[O-])c(N)n1. The van der Waals surface area contributed by atoms with Gasteiger partial charge >= 0.3 is 5.69 Å². The van der Waals surface area contributed by atoms with Gasteiger partial charge in [0, 0.05) is 13.1 Å². The fraction of sp³-hybridized carbons (Fsp3) is 0.167. The van der Waals surface area contributed by atoms with E-state index in [0.717, 1.165) is 0 Å². The second-order valence-corrected chi connectivity index (χ2v) is 2.11. The van der Waals surface area contributed by atoms with Crippen molar-refractivity contribution >= 4 is 17.3 Å². The van der Waals surface area contributed by atoms with Crippen LogP contribution in [0, 0.1) is 10.1 Å². The molecule has 6 heteroatoms. The molecule has 1 aromatic heterocycles. The molecule has 0 amide bonds. The zero-order chi connectivity index (χ0) is 9.14. The number of aromatic nitrogens is 1. The highest BCUT2D eigenvalue weighted by molar-refractivity contribution is 5.56. The minimum Gasteiger partial charge on any atom is -0.378 e. The summed E-state index contributed by atoms with van der Waals surface area (Å²) < 4.78 is 0. The van der Waals surface area contributed by atoms with E-state index in [4.69, 9.17) is 5.73 Å². The number of pyridine rings is 1. The van der Waals surface area contributed by atoms with Gasteiger partial charge in [-0.05, 0) is 6.07 Å². The molecule has 0 saturated carbocycles. The molecule has 0 fully saturated rings. The van der Waals surface area contributed by atoms with Gasteiger partial charge in [0.25, 0.3) is 0 Å². The van der Waals surface area contributed by atoms with Crippen LogP contribution in [0.25, 0.3) is 0 Å². The summed E-state index contributed by atoms with van der Waals surface area (Å²) in [4.78, 5) is 13.5. The fourth-order valence-electron chi connectivity index (χ4n) is 0.761. The second kappa shape index (κ2) is 3.04. The maximum absolute atomic E-state index is 10.3. The first kappa shape index (κ1) is 8.25. The Morgan fingerprint density at radius 2 is 2.33 bits per heavy atom. The second-order valence-electron chi connectivity index (χ2n) is 2.11. The Hall–Kier alpha value is -1.85. The van der Waals surface area contributed by atoms with E-state index in [0.29, 0.717) is 5.82 Å². The molecule has 1 heterocycles. The van der Waals surface area contributed by atoms with Crippen LogP contribution in [0.4, 0.5) is 17.3 Å². The Morgan fingerprint density at radius 1 is 1.67 bits per heavy atom. The first-order valence-electron chi connectivity index (χ1n) is 3.24. The number of anilines is 2. The Morgan fingerprint density at radius 3 is 2.75 bits per heavy atom. The molecule has 1 rings (SSSR count).